The van der Waals surface area contributed by atoms with Crippen LogP contribution in [0.25, 0.3) is 10.9 Å². The minimum absolute atomic E-state index is 0.492. The zero-order valence-electron chi connectivity index (χ0n) is 12.5. The zero-order chi connectivity index (χ0) is 14.2. The van der Waals surface area contributed by atoms with E-state index in [4.69, 9.17) is 10.7 Å². The molecule has 110 valence electrons. The van der Waals surface area contributed by atoms with Crippen molar-refractivity contribution in [3.63, 3.8) is 0 Å². The lowest BCUT2D eigenvalue weighted by atomic mass is 9.86. The van der Waals surface area contributed by atoms with Crippen molar-refractivity contribution in [3.8, 4) is 0 Å². The third-order valence-electron chi connectivity index (χ3n) is 5.11. The Bertz CT molecular complexity index is 659. The molecule has 21 heavy (non-hydrogen) atoms. The standard InChI is InChI=1S/C18H23N3/c19-18-13-7-2-3-8-14(13)20-15-9-6-10-16(17(15)18)21-11-4-1-5-12-21/h2-3,7-8,16H,1,4-6,9-12H2,(H2,19,20). The minimum Gasteiger partial charge on any atom is -0.398 e. The van der Waals surface area contributed by atoms with Crippen molar-refractivity contribution < 1.29 is 0 Å². The van der Waals surface area contributed by atoms with Gasteiger partial charge in [-0.15, -0.1) is 0 Å². The summed E-state index contributed by atoms with van der Waals surface area (Å²) in [7, 11) is 0. The van der Waals surface area contributed by atoms with E-state index < -0.39 is 0 Å². The Labute approximate surface area is 126 Å². The Hall–Kier alpha value is -1.61. The van der Waals surface area contributed by atoms with Gasteiger partial charge in [0.25, 0.3) is 0 Å². The van der Waals surface area contributed by atoms with Crippen molar-refractivity contribution >= 4 is 16.6 Å². The highest BCUT2D eigenvalue weighted by Crippen LogP contribution is 2.40. The third kappa shape index (κ3) is 2.20. The molecule has 2 N–H and O–H groups in total. The number of benzene rings is 1. The van der Waals surface area contributed by atoms with E-state index in [2.05, 4.69) is 23.1 Å². The molecule has 3 nitrogen and oxygen atoms in total. The fraction of sp³-hybridized carbons (Fsp3) is 0.500. The SMILES string of the molecule is Nc1c2c(nc3ccccc13)CCCC2N1CCCCC1. The van der Waals surface area contributed by atoms with E-state index in [-0.39, 0.29) is 0 Å². The normalized spacial score (nSPS) is 23.1. The summed E-state index contributed by atoms with van der Waals surface area (Å²) in [4.78, 5) is 7.56. The van der Waals surface area contributed by atoms with Crippen molar-refractivity contribution in [2.45, 2.75) is 44.6 Å². The number of fused-ring (bicyclic) bond motifs is 2. The van der Waals surface area contributed by atoms with Crippen LogP contribution in [0.4, 0.5) is 5.69 Å². The summed E-state index contributed by atoms with van der Waals surface area (Å²) >= 11 is 0. The smallest absolute Gasteiger partial charge is 0.0726 e. The van der Waals surface area contributed by atoms with Crippen molar-refractivity contribution in [2.75, 3.05) is 18.8 Å². The number of nitrogen functional groups attached to an aromatic ring is 1. The molecule has 0 saturated carbocycles. The van der Waals surface area contributed by atoms with E-state index in [0.717, 1.165) is 23.0 Å². The first kappa shape index (κ1) is 13.1. The van der Waals surface area contributed by atoms with Gasteiger partial charge in [-0.1, -0.05) is 24.6 Å². The number of aryl methyl sites for hydroxylation is 1. The second-order valence-corrected chi connectivity index (χ2v) is 6.41. The number of aromatic nitrogens is 1. The number of nitrogens with two attached hydrogens (primary N) is 1. The molecule has 0 spiro atoms. The van der Waals surface area contributed by atoms with Gasteiger partial charge in [0.15, 0.2) is 0 Å². The van der Waals surface area contributed by atoms with Crippen LogP contribution in [0.15, 0.2) is 24.3 Å². The van der Waals surface area contributed by atoms with E-state index in [9.17, 15) is 0 Å². The Morgan fingerprint density at radius 2 is 1.86 bits per heavy atom. The number of hydrogen-bond acceptors (Lipinski definition) is 3. The van der Waals surface area contributed by atoms with Crippen LogP contribution in [-0.2, 0) is 6.42 Å². The summed E-state index contributed by atoms with van der Waals surface area (Å²) in [6.07, 6.45) is 7.58. The maximum atomic E-state index is 6.57. The predicted octanol–water partition coefficient (Wildman–Crippen LogP) is 3.68. The first-order valence-electron chi connectivity index (χ1n) is 8.25. The van der Waals surface area contributed by atoms with Gasteiger partial charge in [0, 0.05) is 28.4 Å². The fourth-order valence-corrected chi connectivity index (χ4v) is 4.07. The Kier molecular flexibility index (Phi) is 3.30. The average Bonchev–Trinajstić information content (AvgIpc) is 2.55. The Morgan fingerprint density at radius 3 is 2.71 bits per heavy atom. The monoisotopic (exact) mass is 281 g/mol. The topological polar surface area (TPSA) is 42.1 Å². The Balaban J connectivity index is 1.84. The minimum atomic E-state index is 0.492. The molecule has 0 amide bonds. The highest BCUT2D eigenvalue weighted by molar-refractivity contribution is 5.92. The van der Waals surface area contributed by atoms with Crippen molar-refractivity contribution in [1.82, 2.24) is 9.88 Å². The quantitative estimate of drug-likeness (QED) is 0.867. The number of pyridine rings is 1. The lowest BCUT2D eigenvalue weighted by Crippen LogP contribution is -2.36. The molecule has 1 atom stereocenters. The molecular formula is C18H23N3. The number of anilines is 1. The summed E-state index contributed by atoms with van der Waals surface area (Å²) in [6.45, 7) is 2.44. The highest BCUT2D eigenvalue weighted by atomic mass is 15.2. The molecule has 2 aromatic rings. The van der Waals surface area contributed by atoms with Gasteiger partial charge in [0.1, 0.15) is 0 Å². The van der Waals surface area contributed by atoms with E-state index in [1.807, 2.05) is 6.07 Å². The molecule has 4 rings (SSSR count). The van der Waals surface area contributed by atoms with Crippen LogP contribution in [0, 0.1) is 0 Å². The van der Waals surface area contributed by atoms with Crippen LogP contribution in [0.2, 0.25) is 0 Å². The molecule has 1 aliphatic carbocycles. The van der Waals surface area contributed by atoms with Gasteiger partial charge in [0.05, 0.1) is 5.52 Å². The number of likely N-dealkylation sites (tertiary alicyclic amines) is 1. The van der Waals surface area contributed by atoms with Crippen LogP contribution in [0.3, 0.4) is 0 Å². The third-order valence-corrected chi connectivity index (χ3v) is 5.11. The van der Waals surface area contributed by atoms with Gasteiger partial charge in [-0.2, -0.15) is 0 Å². The molecule has 2 heterocycles. The van der Waals surface area contributed by atoms with E-state index >= 15 is 0 Å². The molecule has 1 aromatic carbocycles. The molecular weight excluding hydrogens is 258 g/mol. The second-order valence-electron chi connectivity index (χ2n) is 6.41. The van der Waals surface area contributed by atoms with Crippen LogP contribution >= 0.6 is 0 Å². The summed E-state index contributed by atoms with van der Waals surface area (Å²) < 4.78 is 0. The molecule has 2 aliphatic rings. The highest BCUT2D eigenvalue weighted by Gasteiger charge is 2.30. The largest absolute Gasteiger partial charge is 0.398 e. The van der Waals surface area contributed by atoms with Crippen LogP contribution in [0.5, 0.6) is 0 Å². The van der Waals surface area contributed by atoms with Gasteiger partial charge >= 0.3 is 0 Å². The lowest BCUT2D eigenvalue weighted by molar-refractivity contribution is 0.148. The molecule has 1 unspecified atom stereocenters. The second kappa shape index (κ2) is 5.30. The van der Waals surface area contributed by atoms with E-state index in [1.165, 1.54) is 56.5 Å². The van der Waals surface area contributed by atoms with E-state index in [0.29, 0.717) is 6.04 Å². The summed E-state index contributed by atoms with van der Waals surface area (Å²) in [5.74, 6) is 0. The molecule has 0 radical (unpaired) electrons. The van der Waals surface area contributed by atoms with Crippen LogP contribution < -0.4 is 5.73 Å². The molecule has 0 bridgehead atoms. The number of nitrogens with zero attached hydrogens (tertiary/aromatic N) is 2. The maximum absolute atomic E-state index is 6.57. The van der Waals surface area contributed by atoms with Crippen molar-refractivity contribution in [2.24, 2.45) is 0 Å². The molecule has 3 heteroatoms. The van der Waals surface area contributed by atoms with Gasteiger partial charge in [0.2, 0.25) is 0 Å². The zero-order valence-corrected chi connectivity index (χ0v) is 12.5. The number of para-hydroxylation sites is 1. The first-order chi connectivity index (χ1) is 10.3. The van der Waals surface area contributed by atoms with Gasteiger partial charge in [-0.25, -0.2) is 0 Å². The Morgan fingerprint density at radius 1 is 1.05 bits per heavy atom. The first-order valence-corrected chi connectivity index (χ1v) is 8.25. The fourth-order valence-electron chi connectivity index (χ4n) is 4.07. The molecule has 1 aromatic heterocycles. The van der Waals surface area contributed by atoms with Gasteiger partial charge in [-0.05, 0) is 51.3 Å². The number of rotatable bonds is 1. The van der Waals surface area contributed by atoms with Crippen molar-refractivity contribution in [3.05, 3.63) is 35.5 Å². The van der Waals surface area contributed by atoms with Crippen molar-refractivity contribution in [1.29, 1.82) is 0 Å². The predicted molar refractivity (Wildman–Crippen MR) is 87.3 cm³/mol. The van der Waals surface area contributed by atoms with Gasteiger partial charge < -0.3 is 5.73 Å². The molecule has 1 saturated heterocycles. The molecule has 1 aliphatic heterocycles. The lowest BCUT2D eigenvalue weighted by Gasteiger charge is -2.38. The summed E-state index contributed by atoms with van der Waals surface area (Å²) in [6, 6.07) is 8.79. The number of hydrogen-bond donors (Lipinski definition) is 1. The summed E-state index contributed by atoms with van der Waals surface area (Å²) in [5.41, 5.74) is 11.2. The average molecular weight is 281 g/mol. The van der Waals surface area contributed by atoms with Gasteiger partial charge in [-0.3, -0.25) is 9.88 Å². The summed E-state index contributed by atoms with van der Waals surface area (Å²) in [5, 5.41) is 1.13. The van der Waals surface area contributed by atoms with E-state index in [1.54, 1.807) is 0 Å². The maximum Gasteiger partial charge on any atom is 0.0726 e. The number of piperidine rings is 1. The van der Waals surface area contributed by atoms with Crippen LogP contribution in [-0.4, -0.2) is 23.0 Å². The molecule has 1 fully saturated rings. The van der Waals surface area contributed by atoms with Crippen LogP contribution in [0.1, 0.15) is 49.4 Å².